The molecule has 0 spiro atoms. The van der Waals surface area contributed by atoms with Gasteiger partial charge in [-0.2, -0.15) is 0 Å². The summed E-state index contributed by atoms with van der Waals surface area (Å²) in [6, 6.07) is 11.5. The maximum absolute atomic E-state index is 11.8. The van der Waals surface area contributed by atoms with Gasteiger partial charge in [-0.1, -0.05) is 24.3 Å². The third-order valence-electron chi connectivity index (χ3n) is 4.72. The summed E-state index contributed by atoms with van der Waals surface area (Å²) in [5.74, 6) is 0.299. The minimum absolute atomic E-state index is 0.150. The van der Waals surface area contributed by atoms with E-state index in [0.717, 1.165) is 33.6 Å². The maximum Gasteiger partial charge on any atom is 0.353 e. The summed E-state index contributed by atoms with van der Waals surface area (Å²) in [4.78, 5) is 19.5. The monoisotopic (exact) mass is 363 g/mol. The molecule has 1 aromatic heterocycles. The number of hydrogen-bond donors (Lipinski definition) is 2. The van der Waals surface area contributed by atoms with Crippen molar-refractivity contribution < 1.29 is 4.92 Å². The molecule has 0 radical (unpaired) electrons. The molecule has 0 unspecified atom stereocenters. The Hall–Kier alpha value is -3.48. The van der Waals surface area contributed by atoms with E-state index < -0.39 is 4.92 Å². The van der Waals surface area contributed by atoms with Crippen molar-refractivity contribution in [3.05, 3.63) is 75.1 Å². The molecule has 0 bridgehead atoms. The number of rotatable bonds is 5. The van der Waals surface area contributed by atoms with E-state index in [-0.39, 0.29) is 17.3 Å². The lowest BCUT2D eigenvalue weighted by Crippen LogP contribution is -2.07. The summed E-state index contributed by atoms with van der Waals surface area (Å²) in [6.07, 6.45) is 1.31. The van der Waals surface area contributed by atoms with Gasteiger partial charge in [-0.15, -0.1) is 0 Å². The highest BCUT2D eigenvalue weighted by Crippen LogP contribution is 2.34. The van der Waals surface area contributed by atoms with E-state index in [1.165, 1.54) is 6.33 Å². The number of hydrogen-bond acceptors (Lipinski definition) is 6. The highest BCUT2D eigenvalue weighted by atomic mass is 16.6. The molecule has 0 saturated heterocycles. The fourth-order valence-electron chi connectivity index (χ4n) is 2.76. The van der Waals surface area contributed by atoms with Crippen LogP contribution >= 0.6 is 0 Å². The van der Waals surface area contributed by atoms with Crippen LogP contribution < -0.4 is 10.6 Å². The van der Waals surface area contributed by atoms with Crippen molar-refractivity contribution in [3.8, 4) is 0 Å². The molecule has 0 saturated carbocycles. The molecule has 138 valence electrons. The first kappa shape index (κ1) is 18.3. The molecule has 0 aliphatic rings. The molecule has 27 heavy (non-hydrogen) atoms. The number of nitrogens with zero attached hydrogens (tertiary/aromatic N) is 3. The van der Waals surface area contributed by atoms with Crippen LogP contribution in [0, 0.1) is 37.8 Å². The zero-order valence-corrected chi connectivity index (χ0v) is 15.7. The van der Waals surface area contributed by atoms with E-state index in [2.05, 4.69) is 20.6 Å². The normalized spacial score (nSPS) is 10.5. The molecule has 0 fully saturated rings. The van der Waals surface area contributed by atoms with Crippen LogP contribution in [0.4, 0.5) is 28.7 Å². The molecule has 0 aliphatic heterocycles. The van der Waals surface area contributed by atoms with E-state index >= 15 is 0 Å². The SMILES string of the molecule is Cc1cccc(Nc2ncnc(Nc3cccc(C)c3C)c2[N+](=O)[O-])c1C. The van der Waals surface area contributed by atoms with Crippen LogP contribution in [-0.2, 0) is 0 Å². The molecule has 2 N–H and O–H groups in total. The zero-order chi connectivity index (χ0) is 19.6. The van der Waals surface area contributed by atoms with E-state index in [9.17, 15) is 10.1 Å². The van der Waals surface area contributed by atoms with E-state index in [1.807, 2.05) is 64.1 Å². The zero-order valence-electron chi connectivity index (χ0n) is 15.7. The predicted octanol–water partition coefficient (Wildman–Crippen LogP) is 5.11. The molecular formula is C20H21N5O2. The van der Waals surface area contributed by atoms with Gasteiger partial charge in [0.25, 0.3) is 0 Å². The highest BCUT2D eigenvalue weighted by molar-refractivity contribution is 5.78. The minimum Gasteiger partial charge on any atom is -0.334 e. The smallest absolute Gasteiger partial charge is 0.334 e. The topological polar surface area (TPSA) is 93.0 Å². The van der Waals surface area contributed by atoms with Gasteiger partial charge in [0.05, 0.1) is 4.92 Å². The van der Waals surface area contributed by atoms with Crippen molar-refractivity contribution in [1.82, 2.24) is 9.97 Å². The van der Waals surface area contributed by atoms with Crippen LogP contribution in [0.25, 0.3) is 0 Å². The minimum atomic E-state index is -0.471. The van der Waals surface area contributed by atoms with Crippen molar-refractivity contribution in [3.63, 3.8) is 0 Å². The standard InChI is InChI=1S/C20H21N5O2/c1-12-7-5-9-16(14(12)3)23-19-18(25(26)27)20(22-11-21-19)24-17-10-6-8-13(2)15(17)4/h5-11H,1-4H3,(H2,21,22,23,24). The summed E-state index contributed by atoms with van der Waals surface area (Å²) in [6.45, 7) is 7.89. The molecule has 7 heteroatoms. The quantitative estimate of drug-likeness (QED) is 0.483. The van der Waals surface area contributed by atoms with Crippen molar-refractivity contribution in [2.75, 3.05) is 10.6 Å². The molecule has 0 aliphatic carbocycles. The fourth-order valence-corrected chi connectivity index (χ4v) is 2.76. The summed E-state index contributed by atoms with van der Waals surface area (Å²) in [5.41, 5.74) is 5.54. The van der Waals surface area contributed by atoms with Gasteiger partial charge in [-0.3, -0.25) is 10.1 Å². The van der Waals surface area contributed by atoms with Gasteiger partial charge in [0, 0.05) is 11.4 Å². The average molecular weight is 363 g/mol. The molecule has 0 amide bonds. The fraction of sp³-hybridized carbons (Fsp3) is 0.200. The second-order valence-corrected chi connectivity index (χ2v) is 6.42. The molecule has 3 rings (SSSR count). The van der Waals surface area contributed by atoms with Crippen LogP contribution in [0.15, 0.2) is 42.7 Å². The second-order valence-electron chi connectivity index (χ2n) is 6.42. The number of nitrogens with one attached hydrogen (secondary N) is 2. The Morgan fingerprint density at radius 2 is 1.26 bits per heavy atom. The van der Waals surface area contributed by atoms with Crippen LogP contribution in [0.2, 0.25) is 0 Å². The number of aromatic nitrogens is 2. The molecule has 3 aromatic rings. The number of anilines is 4. The van der Waals surface area contributed by atoms with Crippen LogP contribution in [0.1, 0.15) is 22.3 Å². The third-order valence-corrected chi connectivity index (χ3v) is 4.72. The predicted molar refractivity (Wildman–Crippen MR) is 107 cm³/mol. The number of aryl methyl sites for hydroxylation is 2. The van der Waals surface area contributed by atoms with Gasteiger partial charge < -0.3 is 10.6 Å². The Labute approximate surface area is 157 Å². The molecular weight excluding hydrogens is 342 g/mol. The molecule has 7 nitrogen and oxygen atoms in total. The number of nitro groups is 1. The Bertz CT molecular complexity index is 945. The lowest BCUT2D eigenvalue weighted by molar-refractivity contribution is -0.383. The summed E-state index contributed by atoms with van der Waals surface area (Å²) in [7, 11) is 0. The van der Waals surface area contributed by atoms with E-state index in [1.54, 1.807) is 0 Å². The van der Waals surface area contributed by atoms with Gasteiger partial charge in [-0.05, 0) is 62.1 Å². The van der Waals surface area contributed by atoms with Gasteiger partial charge in [-0.25, -0.2) is 9.97 Å². The average Bonchev–Trinajstić information content (AvgIpc) is 2.63. The Morgan fingerprint density at radius 1 is 0.815 bits per heavy atom. The molecule has 0 atom stereocenters. The van der Waals surface area contributed by atoms with Gasteiger partial charge in [0.2, 0.25) is 11.6 Å². The van der Waals surface area contributed by atoms with E-state index in [0.29, 0.717) is 0 Å². The molecule has 1 heterocycles. The largest absolute Gasteiger partial charge is 0.353 e. The third kappa shape index (κ3) is 3.72. The Balaban J connectivity index is 2.04. The summed E-state index contributed by atoms with van der Waals surface area (Å²) in [5, 5.41) is 17.9. The Morgan fingerprint density at radius 3 is 1.67 bits per heavy atom. The van der Waals surface area contributed by atoms with Crippen LogP contribution in [-0.4, -0.2) is 14.9 Å². The molecule has 2 aromatic carbocycles. The van der Waals surface area contributed by atoms with Crippen molar-refractivity contribution >= 4 is 28.7 Å². The highest BCUT2D eigenvalue weighted by Gasteiger charge is 2.24. The van der Waals surface area contributed by atoms with Crippen molar-refractivity contribution in [1.29, 1.82) is 0 Å². The van der Waals surface area contributed by atoms with Crippen molar-refractivity contribution in [2.24, 2.45) is 0 Å². The second kappa shape index (κ2) is 7.41. The van der Waals surface area contributed by atoms with Gasteiger partial charge >= 0.3 is 5.69 Å². The van der Waals surface area contributed by atoms with Gasteiger partial charge in [0.1, 0.15) is 6.33 Å². The first-order valence-electron chi connectivity index (χ1n) is 8.54. The van der Waals surface area contributed by atoms with Crippen LogP contribution in [0.3, 0.4) is 0 Å². The first-order valence-corrected chi connectivity index (χ1v) is 8.54. The maximum atomic E-state index is 11.8. The first-order chi connectivity index (χ1) is 12.9. The van der Waals surface area contributed by atoms with Crippen LogP contribution in [0.5, 0.6) is 0 Å². The number of benzene rings is 2. The van der Waals surface area contributed by atoms with Gasteiger partial charge in [0.15, 0.2) is 0 Å². The summed E-state index contributed by atoms with van der Waals surface area (Å²) >= 11 is 0. The lowest BCUT2D eigenvalue weighted by Gasteiger charge is -2.14. The van der Waals surface area contributed by atoms with E-state index in [4.69, 9.17) is 0 Å². The summed E-state index contributed by atoms with van der Waals surface area (Å²) < 4.78 is 0. The van der Waals surface area contributed by atoms with Crippen molar-refractivity contribution in [2.45, 2.75) is 27.7 Å². The lowest BCUT2D eigenvalue weighted by atomic mass is 10.1. The Kier molecular flexibility index (Phi) is 5.03.